The van der Waals surface area contributed by atoms with Gasteiger partial charge in [0.05, 0.1) is 0 Å². The van der Waals surface area contributed by atoms with Crippen molar-refractivity contribution in [2.24, 2.45) is 5.92 Å². The Labute approximate surface area is 125 Å². The summed E-state index contributed by atoms with van der Waals surface area (Å²) in [6.45, 7) is 2.13. The summed E-state index contributed by atoms with van der Waals surface area (Å²) >= 11 is 5.95. The first-order chi connectivity index (χ1) is 9.60. The molecule has 1 aromatic carbocycles. The van der Waals surface area contributed by atoms with Crippen molar-refractivity contribution in [2.75, 3.05) is 5.73 Å². The molecule has 0 bridgehead atoms. The highest BCUT2D eigenvalue weighted by molar-refractivity contribution is 6.31. The summed E-state index contributed by atoms with van der Waals surface area (Å²) in [4.78, 5) is 12.3. The molecular weight excluding hydrogens is 272 g/mol. The maximum Gasteiger partial charge on any atom is 0.251 e. The van der Waals surface area contributed by atoms with Crippen molar-refractivity contribution < 1.29 is 4.79 Å². The van der Waals surface area contributed by atoms with Crippen molar-refractivity contribution >= 4 is 23.2 Å². The van der Waals surface area contributed by atoms with Gasteiger partial charge in [-0.25, -0.2) is 0 Å². The quantitative estimate of drug-likeness (QED) is 0.824. The average molecular weight is 295 g/mol. The van der Waals surface area contributed by atoms with Gasteiger partial charge in [-0.3, -0.25) is 4.79 Å². The second kappa shape index (κ2) is 6.98. The van der Waals surface area contributed by atoms with E-state index in [0.29, 0.717) is 22.2 Å². The summed E-state index contributed by atoms with van der Waals surface area (Å²) in [7, 11) is 0. The van der Waals surface area contributed by atoms with Crippen LogP contribution >= 0.6 is 11.6 Å². The number of amides is 1. The van der Waals surface area contributed by atoms with Crippen LogP contribution in [0.25, 0.3) is 0 Å². The van der Waals surface area contributed by atoms with Crippen molar-refractivity contribution in [3.05, 3.63) is 28.8 Å². The van der Waals surface area contributed by atoms with Crippen LogP contribution in [-0.2, 0) is 0 Å². The number of rotatable bonds is 4. The number of hydrogen-bond acceptors (Lipinski definition) is 2. The van der Waals surface area contributed by atoms with Gasteiger partial charge < -0.3 is 11.1 Å². The smallest absolute Gasteiger partial charge is 0.251 e. The average Bonchev–Trinajstić information content (AvgIpc) is 2.44. The minimum atomic E-state index is -0.0726. The molecule has 1 aliphatic rings. The maximum atomic E-state index is 12.3. The molecule has 1 aromatic rings. The molecule has 1 amide bonds. The van der Waals surface area contributed by atoms with Crippen molar-refractivity contribution in [2.45, 2.75) is 51.5 Å². The van der Waals surface area contributed by atoms with Crippen LogP contribution < -0.4 is 11.1 Å². The Balaban J connectivity index is 2.04. The zero-order valence-electron chi connectivity index (χ0n) is 12.0. The van der Waals surface area contributed by atoms with Crippen LogP contribution in [0, 0.1) is 5.92 Å². The lowest BCUT2D eigenvalue weighted by Gasteiger charge is -2.30. The number of benzene rings is 1. The molecule has 0 aromatic heterocycles. The minimum Gasteiger partial charge on any atom is -0.399 e. The summed E-state index contributed by atoms with van der Waals surface area (Å²) in [6.07, 6.45) is 7.29. The summed E-state index contributed by atoms with van der Waals surface area (Å²) in [5.74, 6) is 0.533. The molecule has 3 nitrogen and oxygen atoms in total. The third-order valence-electron chi connectivity index (χ3n) is 4.16. The molecule has 0 saturated heterocycles. The standard InChI is InChI=1S/C16H23ClN2O/c1-2-15(11-6-4-3-5-7-11)19-16(20)12-8-13(17)10-14(18)9-12/h8-11,15H,2-7,18H2,1H3,(H,19,20). The van der Waals surface area contributed by atoms with Gasteiger partial charge in [0, 0.05) is 22.3 Å². The van der Waals surface area contributed by atoms with Gasteiger partial charge in [-0.05, 0) is 43.4 Å². The van der Waals surface area contributed by atoms with Gasteiger partial charge in [0.25, 0.3) is 5.91 Å². The van der Waals surface area contributed by atoms with E-state index in [-0.39, 0.29) is 11.9 Å². The zero-order valence-corrected chi connectivity index (χ0v) is 12.7. The van der Waals surface area contributed by atoms with Crippen molar-refractivity contribution in [3.8, 4) is 0 Å². The van der Waals surface area contributed by atoms with Crippen molar-refractivity contribution in [1.29, 1.82) is 0 Å². The van der Waals surface area contributed by atoms with Gasteiger partial charge in [0.1, 0.15) is 0 Å². The van der Waals surface area contributed by atoms with E-state index in [9.17, 15) is 4.79 Å². The predicted molar refractivity (Wildman–Crippen MR) is 84.0 cm³/mol. The fourth-order valence-electron chi connectivity index (χ4n) is 3.08. The van der Waals surface area contributed by atoms with Crippen LogP contribution in [0.4, 0.5) is 5.69 Å². The van der Waals surface area contributed by atoms with Crippen molar-refractivity contribution in [1.82, 2.24) is 5.32 Å². The predicted octanol–water partition coefficient (Wildman–Crippen LogP) is 4.01. The molecule has 110 valence electrons. The van der Waals surface area contributed by atoms with Gasteiger partial charge in [0.15, 0.2) is 0 Å². The van der Waals surface area contributed by atoms with Gasteiger partial charge in [-0.15, -0.1) is 0 Å². The van der Waals surface area contributed by atoms with Crippen molar-refractivity contribution in [3.63, 3.8) is 0 Å². The highest BCUT2D eigenvalue weighted by atomic mass is 35.5. The molecule has 0 heterocycles. The molecule has 0 radical (unpaired) electrons. The van der Waals surface area contributed by atoms with Gasteiger partial charge >= 0.3 is 0 Å². The molecule has 1 saturated carbocycles. The molecule has 0 aliphatic heterocycles. The number of hydrogen-bond donors (Lipinski definition) is 2. The van der Waals surface area contributed by atoms with Gasteiger partial charge in [-0.2, -0.15) is 0 Å². The molecule has 1 fully saturated rings. The molecule has 1 unspecified atom stereocenters. The first kappa shape index (κ1) is 15.2. The summed E-state index contributed by atoms with van der Waals surface area (Å²) in [5.41, 5.74) is 6.81. The van der Waals surface area contributed by atoms with E-state index < -0.39 is 0 Å². The number of nitrogens with two attached hydrogens (primary N) is 1. The normalized spacial score (nSPS) is 17.7. The number of nitrogens with one attached hydrogen (secondary N) is 1. The Kier molecular flexibility index (Phi) is 5.30. The number of anilines is 1. The summed E-state index contributed by atoms with van der Waals surface area (Å²) < 4.78 is 0. The Hall–Kier alpha value is -1.22. The molecule has 0 spiro atoms. The molecule has 3 N–H and O–H groups in total. The van der Waals surface area contributed by atoms with E-state index >= 15 is 0 Å². The fraction of sp³-hybridized carbons (Fsp3) is 0.562. The maximum absolute atomic E-state index is 12.3. The molecule has 4 heteroatoms. The highest BCUT2D eigenvalue weighted by Crippen LogP contribution is 2.28. The van der Waals surface area contributed by atoms with Gasteiger partial charge in [0.2, 0.25) is 0 Å². The van der Waals surface area contributed by atoms with Crippen LogP contribution in [0.2, 0.25) is 5.02 Å². The molecule has 2 rings (SSSR count). The van der Waals surface area contributed by atoms with Crippen LogP contribution in [0.5, 0.6) is 0 Å². The minimum absolute atomic E-state index is 0.0726. The van der Waals surface area contributed by atoms with Gasteiger partial charge in [-0.1, -0.05) is 37.8 Å². The van der Waals surface area contributed by atoms with E-state index in [1.807, 2.05) is 0 Å². The van der Waals surface area contributed by atoms with E-state index in [1.54, 1.807) is 18.2 Å². The third-order valence-corrected chi connectivity index (χ3v) is 4.38. The molecule has 1 atom stereocenters. The monoisotopic (exact) mass is 294 g/mol. The summed E-state index contributed by atoms with van der Waals surface area (Å²) in [6, 6.07) is 5.25. The lowest BCUT2D eigenvalue weighted by Crippen LogP contribution is -2.40. The van der Waals surface area contributed by atoms with Crippen LogP contribution in [0.3, 0.4) is 0 Å². The lowest BCUT2D eigenvalue weighted by atomic mass is 9.83. The van der Waals surface area contributed by atoms with Crippen LogP contribution in [0.1, 0.15) is 55.8 Å². The zero-order chi connectivity index (χ0) is 14.5. The number of halogens is 1. The number of carbonyl (C=O) groups excluding carboxylic acids is 1. The Bertz CT molecular complexity index is 449. The van der Waals surface area contributed by atoms with E-state index in [2.05, 4.69) is 12.2 Å². The summed E-state index contributed by atoms with van der Waals surface area (Å²) in [5, 5.41) is 3.65. The fourth-order valence-corrected chi connectivity index (χ4v) is 3.33. The Morgan fingerprint density at radius 1 is 1.35 bits per heavy atom. The second-order valence-corrected chi connectivity index (χ2v) is 6.10. The third kappa shape index (κ3) is 3.89. The van der Waals surface area contributed by atoms with E-state index in [0.717, 1.165) is 6.42 Å². The van der Waals surface area contributed by atoms with E-state index in [1.165, 1.54) is 32.1 Å². The second-order valence-electron chi connectivity index (χ2n) is 5.66. The molecule has 1 aliphatic carbocycles. The Morgan fingerprint density at radius 2 is 2.05 bits per heavy atom. The largest absolute Gasteiger partial charge is 0.399 e. The molecule has 20 heavy (non-hydrogen) atoms. The molecular formula is C16H23ClN2O. The first-order valence-electron chi connectivity index (χ1n) is 7.47. The Morgan fingerprint density at radius 3 is 2.65 bits per heavy atom. The number of nitrogen functional groups attached to an aromatic ring is 1. The lowest BCUT2D eigenvalue weighted by molar-refractivity contribution is 0.0911. The highest BCUT2D eigenvalue weighted by Gasteiger charge is 2.24. The van der Waals surface area contributed by atoms with Crippen LogP contribution in [0.15, 0.2) is 18.2 Å². The number of carbonyl (C=O) groups is 1. The SMILES string of the molecule is CCC(NC(=O)c1cc(N)cc(Cl)c1)C1CCCCC1. The first-order valence-corrected chi connectivity index (χ1v) is 7.85. The topological polar surface area (TPSA) is 55.1 Å². The van der Waals surface area contributed by atoms with E-state index in [4.69, 9.17) is 17.3 Å². The van der Waals surface area contributed by atoms with Crippen LogP contribution in [-0.4, -0.2) is 11.9 Å².